The largest absolute Gasteiger partial charge is 0.444 e. The summed E-state index contributed by atoms with van der Waals surface area (Å²) in [5.74, 6) is 0. The van der Waals surface area contributed by atoms with Crippen LogP contribution in [0.4, 0.5) is 16.2 Å². The van der Waals surface area contributed by atoms with E-state index in [4.69, 9.17) is 10.5 Å². The Labute approximate surface area is 139 Å². The van der Waals surface area contributed by atoms with Crippen LogP contribution in [-0.4, -0.2) is 23.8 Å². The van der Waals surface area contributed by atoms with Crippen molar-refractivity contribution in [1.82, 2.24) is 5.32 Å². The molecule has 0 radical (unpaired) electrons. The highest BCUT2D eigenvalue weighted by atomic mass is 16.6. The molecule has 0 aromatic heterocycles. The molecule has 128 valence electrons. The van der Waals surface area contributed by atoms with Crippen molar-refractivity contribution in [1.29, 1.82) is 0 Å². The zero-order valence-corrected chi connectivity index (χ0v) is 14.6. The van der Waals surface area contributed by atoms with E-state index in [-0.39, 0.29) is 12.1 Å². The summed E-state index contributed by atoms with van der Waals surface area (Å²) in [6, 6.07) is 6.38. The molecule has 1 fully saturated rings. The second-order valence-electron chi connectivity index (χ2n) is 7.39. The van der Waals surface area contributed by atoms with E-state index in [0.717, 1.165) is 42.6 Å². The van der Waals surface area contributed by atoms with Crippen LogP contribution in [0.15, 0.2) is 18.2 Å². The molecule has 1 unspecified atom stereocenters. The third-order valence-electron chi connectivity index (χ3n) is 4.05. The van der Waals surface area contributed by atoms with Gasteiger partial charge in [-0.15, -0.1) is 0 Å². The molecule has 0 aliphatic heterocycles. The summed E-state index contributed by atoms with van der Waals surface area (Å²) in [7, 11) is 0. The number of nitrogens with two attached hydrogens (primary N) is 1. The van der Waals surface area contributed by atoms with E-state index in [0.29, 0.717) is 6.04 Å². The van der Waals surface area contributed by atoms with Crippen molar-refractivity contribution in [3.8, 4) is 0 Å². The number of alkyl carbamates (subject to hydrolysis) is 1. The molecule has 5 nitrogen and oxygen atoms in total. The van der Waals surface area contributed by atoms with Gasteiger partial charge in [0.15, 0.2) is 0 Å². The molecule has 1 amide bonds. The summed E-state index contributed by atoms with van der Waals surface area (Å²) in [5.41, 5.74) is 8.53. The van der Waals surface area contributed by atoms with Gasteiger partial charge < -0.3 is 21.1 Å². The summed E-state index contributed by atoms with van der Waals surface area (Å²) in [4.78, 5) is 11.9. The van der Waals surface area contributed by atoms with Crippen LogP contribution in [0.2, 0.25) is 0 Å². The van der Waals surface area contributed by atoms with Crippen LogP contribution in [0.1, 0.15) is 52.0 Å². The predicted octanol–water partition coefficient (Wildman–Crippen LogP) is 3.83. The van der Waals surface area contributed by atoms with Gasteiger partial charge in [-0.25, -0.2) is 4.79 Å². The third-order valence-corrected chi connectivity index (χ3v) is 4.05. The van der Waals surface area contributed by atoms with Crippen LogP contribution in [0.5, 0.6) is 0 Å². The first-order valence-corrected chi connectivity index (χ1v) is 8.36. The minimum Gasteiger partial charge on any atom is -0.444 e. The monoisotopic (exact) mass is 319 g/mol. The molecule has 0 bridgehead atoms. The van der Waals surface area contributed by atoms with E-state index in [9.17, 15) is 4.79 Å². The van der Waals surface area contributed by atoms with Crippen LogP contribution in [0.3, 0.4) is 0 Å². The van der Waals surface area contributed by atoms with Gasteiger partial charge in [0.05, 0.1) is 11.4 Å². The Hall–Kier alpha value is -1.91. The highest BCUT2D eigenvalue weighted by molar-refractivity contribution is 5.70. The Kier molecular flexibility index (Phi) is 5.39. The fraction of sp³-hybridized carbons (Fsp3) is 0.611. The molecular weight excluding hydrogens is 290 g/mol. The summed E-state index contributed by atoms with van der Waals surface area (Å²) in [6.45, 7) is 7.67. The second-order valence-corrected chi connectivity index (χ2v) is 7.39. The molecular formula is C18H29N3O2. The summed E-state index contributed by atoms with van der Waals surface area (Å²) >= 11 is 0. The van der Waals surface area contributed by atoms with Crippen LogP contribution < -0.4 is 16.4 Å². The topological polar surface area (TPSA) is 76.4 Å². The molecule has 1 aromatic carbocycles. The molecule has 2 atom stereocenters. The fourth-order valence-corrected chi connectivity index (χ4v) is 3.02. The molecule has 5 heteroatoms. The van der Waals surface area contributed by atoms with E-state index in [1.165, 1.54) is 0 Å². The van der Waals surface area contributed by atoms with Gasteiger partial charge in [-0.2, -0.15) is 0 Å². The van der Waals surface area contributed by atoms with Crippen molar-refractivity contribution in [3.05, 3.63) is 23.8 Å². The standard InChI is InChI=1S/C18H29N3O2/c1-12-7-5-10-15(19)16(12)20-13-8-6-9-14(11-13)21-17(22)23-18(2,3)4/h5,7,10,13-14,20H,6,8-9,11,19H2,1-4H3,(H,21,22)/t13?,14-/m0/s1. The highest BCUT2D eigenvalue weighted by Crippen LogP contribution is 2.28. The second kappa shape index (κ2) is 7.11. The average Bonchev–Trinajstić information content (AvgIpc) is 2.41. The van der Waals surface area contributed by atoms with Gasteiger partial charge in [-0.3, -0.25) is 0 Å². The third kappa shape index (κ3) is 5.34. The van der Waals surface area contributed by atoms with Gasteiger partial charge >= 0.3 is 6.09 Å². The first-order valence-electron chi connectivity index (χ1n) is 8.36. The molecule has 1 aromatic rings. The Morgan fingerprint density at radius 2 is 1.96 bits per heavy atom. The minimum absolute atomic E-state index is 0.140. The lowest BCUT2D eigenvalue weighted by Crippen LogP contribution is -2.44. The number of carbonyl (C=O) groups excluding carboxylic acids is 1. The van der Waals surface area contributed by atoms with E-state index in [1.807, 2.05) is 32.9 Å². The number of hydrogen-bond acceptors (Lipinski definition) is 4. The summed E-state index contributed by atoms with van der Waals surface area (Å²) in [6.07, 6.45) is 3.69. The lowest BCUT2D eigenvalue weighted by molar-refractivity contribution is 0.0492. The molecule has 1 aliphatic rings. The van der Waals surface area contributed by atoms with Gasteiger partial charge in [0.2, 0.25) is 0 Å². The fourth-order valence-electron chi connectivity index (χ4n) is 3.02. The van der Waals surface area contributed by atoms with Crippen LogP contribution in [-0.2, 0) is 4.74 Å². The number of nitrogens with one attached hydrogen (secondary N) is 2. The van der Waals surface area contributed by atoms with E-state index in [1.54, 1.807) is 0 Å². The number of benzene rings is 1. The maximum absolute atomic E-state index is 11.9. The molecule has 2 rings (SSSR count). The summed E-state index contributed by atoms with van der Waals surface area (Å²) < 4.78 is 5.34. The first-order chi connectivity index (χ1) is 10.7. The zero-order valence-electron chi connectivity index (χ0n) is 14.6. The molecule has 0 heterocycles. The maximum Gasteiger partial charge on any atom is 0.407 e. The van der Waals surface area contributed by atoms with Crippen LogP contribution in [0.25, 0.3) is 0 Å². The summed E-state index contributed by atoms with van der Waals surface area (Å²) in [5, 5.41) is 6.54. The maximum atomic E-state index is 11.9. The molecule has 23 heavy (non-hydrogen) atoms. The Balaban J connectivity index is 1.92. The molecule has 1 saturated carbocycles. The van der Waals surface area contributed by atoms with Gasteiger partial charge in [0, 0.05) is 12.1 Å². The molecule has 4 N–H and O–H groups in total. The van der Waals surface area contributed by atoms with Crippen molar-refractivity contribution in [2.75, 3.05) is 11.1 Å². The molecule has 0 saturated heterocycles. The minimum atomic E-state index is -0.466. The number of carbonyl (C=O) groups is 1. The van der Waals surface area contributed by atoms with Crippen LogP contribution >= 0.6 is 0 Å². The molecule has 0 spiro atoms. The Bertz CT molecular complexity index is 531. The first kappa shape index (κ1) is 17.4. The predicted molar refractivity (Wildman–Crippen MR) is 94.6 cm³/mol. The van der Waals surface area contributed by atoms with Crippen molar-refractivity contribution >= 4 is 17.5 Å². The molecule has 1 aliphatic carbocycles. The van der Waals surface area contributed by atoms with Crippen molar-refractivity contribution in [2.24, 2.45) is 0 Å². The SMILES string of the molecule is Cc1cccc(N)c1NC1CCC[C@H](NC(=O)OC(C)(C)C)C1. The number of rotatable bonds is 3. The van der Waals surface area contributed by atoms with Crippen LogP contribution in [0, 0.1) is 6.92 Å². The smallest absolute Gasteiger partial charge is 0.407 e. The van der Waals surface area contributed by atoms with Gasteiger partial charge in [-0.05, 0) is 65.0 Å². The zero-order chi connectivity index (χ0) is 17.0. The van der Waals surface area contributed by atoms with E-state index < -0.39 is 5.60 Å². The highest BCUT2D eigenvalue weighted by Gasteiger charge is 2.26. The van der Waals surface area contributed by atoms with E-state index in [2.05, 4.69) is 23.6 Å². The van der Waals surface area contributed by atoms with E-state index >= 15 is 0 Å². The Morgan fingerprint density at radius 1 is 1.26 bits per heavy atom. The number of para-hydroxylation sites is 1. The van der Waals surface area contributed by atoms with Gasteiger partial charge in [-0.1, -0.05) is 12.1 Å². The van der Waals surface area contributed by atoms with Gasteiger partial charge in [0.25, 0.3) is 0 Å². The normalized spacial score (nSPS) is 21.6. The van der Waals surface area contributed by atoms with Crippen molar-refractivity contribution in [3.63, 3.8) is 0 Å². The number of nitrogen functional groups attached to an aromatic ring is 1. The lowest BCUT2D eigenvalue weighted by atomic mass is 9.90. The number of hydrogen-bond donors (Lipinski definition) is 3. The van der Waals surface area contributed by atoms with Crippen molar-refractivity contribution in [2.45, 2.75) is 71.1 Å². The number of ether oxygens (including phenoxy) is 1. The average molecular weight is 319 g/mol. The number of anilines is 2. The van der Waals surface area contributed by atoms with Crippen molar-refractivity contribution < 1.29 is 9.53 Å². The quantitative estimate of drug-likeness (QED) is 0.740. The van der Waals surface area contributed by atoms with Gasteiger partial charge in [0.1, 0.15) is 5.60 Å². The Morgan fingerprint density at radius 3 is 2.61 bits per heavy atom. The number of amides is 1. The lowest BCUT2D eigenvalue weighted by Gasteiger charge is -2.32. The number of aryl methyl sites for hydroxylation is 1.